The van der Waals surface area contributed by atoms with Gasteiger partial charge in [0.2, 0.25) is 0 Å². The molecule has 4 heteroatoms. The predicted molar refractivity (Wildman–Crippen MR) is 33.9 cm³/mol. The van der Waals surface area contributed by atoms with Crippen LogP contribution in [0, 0.1) is 0 Å². The van der Waals surface area contributed by atoms with Crippen molar-refractivity contribution in [1.29, 1.82) is 0 Å². The van der Waals surface area contributed by atoms with E-state index in [-0.39, 0.29) is 0 Å². The molecule has 0 spiro atoms. The van der Waals surface area contributed by atoms with Crippen LogP contribution in [0.1, 0.15) is 5.01 Å². The first-order valence-electron chi connectivity index (χ1n) is 2.06. The molecule has 0 radical (unpaired) electrons. The lowest BCUT2D eigenvalue weighted by molar-refractivity contribution is 1.25. The number of rotatable bonds is 1. The minimum absolute atomic E-state index is 0.840. The van der Waals surface area contributed by atoms with Gasteiger partial charge in [0.15, 0.2) is 0 Å². The smallest absolute Gasteiger partial charge is 0.136 e. The number of thiazole rings is 1. The molecule has 42 valence electrons. The van der Waals surface area contributed by atoms with Gasteiger partial charge in [-0.2, -0.15) is 5.10 Å². The SMILES string of the molecule is N/N=C\c1nccs1. The molecule has 0 bridgehead atoms. The van der Waals surface area contributed by atoms with E-state index in [0.717, 1.165) is 5.01 Å². The molecule has 1 heterocycles. The third-order valence-corrected chi connectivity index (χ3v) is 1.35. The zero-order valence-electron chi connectivity index (χ0n) is 4.11. The van der Waals surface area contributed by atoms with Crippen LogP contribution in [0.2, 0.25) is 0 Å². The summed E-state index contributed by atoms with van der Waals surface area (Å²) in [4.78, 5) is 3.90. The van der Waals surface area contributed by atoms with E-state index in [4.69, 9.17) is 5.84 Å². The molecule has 1 aromatic rings. The fourth-order valence-electron chi connectivity index (χ4n) is 0.362. The van der Waals surface area contributed by atoms with Crippen molar-refractivity contribution in [2.45, 2.75) is 0 Å². The minimum Gasteiger partial charge on any atom is -0.323 e. The molecule has 0 aromatic carbocycles. The third kappa shape index (κ3) is 1.04. The highest BCUT2D eigenvalue weighted by atomic mass is 32.1. The molecule has 0 aliphatic carbocycles. The predicted octanol–water partition coefficient (Wildman–Crippen LogP) is 0.436. The molecule has 0 fully saturated rings. The minimum atomic E-state index is 0.840. The van der Waals surface area contributed by atoms with Crippen molar-refractivity contribution in [2.75, 3.05) is 0 Å². The summed E-state index contributed by atoms with van der Waals surface area (Å²) in [5.41, 5.74) is 0. The molecule has 0 aliphatic heterocycles. The van der Waals surface area contributed by atoms with Gasteiger partial charge >= 0.3 is 0 Å². The van der Waals surface area contributed by atoms with Crippen molar-refractivity contribution in [3.8, 4) is 0 Å². The van der Waals surface area contributed by atoms with Crippen molar-refractivity contribution >= 4 is 17.6 Å². The monoisotopic (exact) mass is 127 g/mol. The van der Waals surface area contributed by atoms with Gasteiger partial charge in [-0.3, -0.25) is 0 Å². The summed E-state index contributed by atoms with van der Waals surface area (Å²) in [6, 6.07) is 0. The average Bonchev–Trinajstić information content (AvgIpc) is 2.19. The largest absolute Gasteiger partial charge is 0.323 e. The zero-order valence-corrected chi connectivity index (χ0v) is 4.93. The van der Waals surface area contributed by atoms with E-state index in [1.54, 1.807) is 6.20 Å². The number of hydrogen-bond donors (Lipinski definition) is 1. The van der Waals surface area contributed by atoms with E-state index in [2.05, 4.69) is 10.1 Å². The van der Waals surface area contributed by atoms with E-state index in [1.165, 1.54) is 17.6 Å². The third-order valence-electron chi connectivity index (χ3n) is 0.636. The maximum atomic E-state index is 4.86. The Bertz CT molecular complexity index is 167. The molecular weight excluding hydrogens is 122 g/mol. The lowest BCUT2D eigenvalue weighted by Crippen LogP contribution is -1.82. The van der Waals surface area contributed by atoms with Crippen LogP contribution in [-0.4, -0.2) is 11.2 Å². The van der Waals surface area contributed by atoms with Crippen LogP contribution < -0.4 is 5.84 Å². The van der Waals surface area contributed by atoms with Crippen molar-refractivity contribution in [3.63, 3.8) is 0 Å². The van der Waals surface area contributed by atoms with E-state index in [0.29, 0.717) is 0 Å². The summed E-state index contributed by atoms with van der Waals surface area (Å²) in [6.07, 6.45) is 3.23. The summed E-state index contributed by atoms with van der Waals surface area (Å²) in [6.45, 7) is 0. The molecular formula is C4H5N3S. The standard InChI is InChI=1S/C4H5N3S/c5-7-3-4-6-1-2-8-4/h1-3H,5H2/b7-3-. The molecule has 0 saturated carbocycles. The van der Waals surface area contributed by atoms with Crippen LogP contribution in [0.5, 0.6) is 0 Å². The van der Waals surface area contributed by atoms with Crippen molar-refractivity contribution in [1.82, 2.24) is 4.98 Å². The molecule has 8 heavy (non-hydrogen) atoms. The molecule has 2 N–H and O–H groups in total. The average molecular weight is 127 g/mol. The topological polar surface area (TPSA) is 51.3 Å². The van der Waals surface area contributed by atoms with Crippen molar-refractivity contribution < 1.29 is 0 Å². The Balaban J connectivity index is 2.77. The van der Waals surface area contributed by atoms with Crippen molar-refractivity contribution in [2.24, 2.45) is 10.9 Å². The fraction of sp³-hybridized carbons (Fsp3) is 0. The van der Waals surface area contributed by atoms with Gasteiger partial charge < -0.3 is 5.84 Å². The van der Waals surface area contributed by atoms with Gasteiger partial charge in [0.25, 0.3) is 0 Å². The van der Waals surface area contributed by atoms with Crippen LogP contribution in [0.3, 0.4) is 0 Å². The Labute approximate surface area is 50.9 Å². The molecule has 0 atom stereocenters. The van der Waals surface area contributed by atoms with E-state index < -0.39 is 0 Å². The van der Waals surface area contributed by atoms with Gasteiger partial charge in [0.1, 0.15) is 5.01 Å². The number of nitrogens with two attached hydrogens (primary N) is 1. The first-order chi connectivity index (χ1) is 3.93. The molecule has 3 nitrogen and oxygen atoms in total. The Kier molecular flexibility index (Phi) is 1.58. The maximum Gasteiger partial charge on any atom is 0.136 e. The Morgan fingerprint density at radius 1 is 1.88 bits per heavy atom. The maximum absolute atomic E-state index is 4.86. The van der Waals surface area contributed by atoms with E-state index in [9.17, 15) is 0 Å². The summed E-state index contributed by atoms with van der Waals surface area (Å²) in [5, 5.41) is 6.01. The molecule has 1 aromatic heterocycles. The number of nitrogens with zero attached hydrogens (tertiary/aromatic N) is 2. The lowest BCUT2D eigenvalue weighted by atomic mass is 10.8. The van der Waals surface area contributed by atoms with Gasteiger partial charge in [-0.1, -0.05) is 0 Å². The summed E-state index contributed by atoms with van der Waals surface area (Å²) in [5.74, 6) is 4.86. The Hall–Kier alpha value is -0.900. The van der Waals surface area contributed by atoms with Crippen molar-refractivity contribution in [3.05, 3.63) is 16.6 Å². The second kappa shape index (κ2) is 2.42. The lowest BCUT2D eigenvalue weighted by Gasteiger charge is -1.73. The highest BCUT2D eigenvalue weighted by Crippen LogP contribution is 1.98. The number of aromatic nitrogens is 1. The highest BCUT2D eigenvalue weighted by Gasteiger charge is 1.84. The molecule has 0 saturated heterocycles. The number of hydrazone groups is 1. The van der Waals surface area contributed by atoms with Gasteiger partial charge in [-0.15, -0.1) is 11.3 Å². The summed E-state index contributed by atoms with van der Waals surface area (Å²) < 4.78 is 0. The zero-order chi connectivity index (χ0) is 5.82. The molecule has 0 aliphatic rings. The molecule has 0 amide bonds. The Morgan fingerprint density at radius 2 is 2.75 bits per heavy atom. The van der Waals surface area contributed by atoms with Crippen LogP contribution in [0.15, 0.2) is 16.7 Å². The van der Waals surface area contributed by atoms with Crippen LogP contribution in [0.4, 0.5) is 0 Å². The normalized spacial score (nSPS) is 10.5. The van der Waals surface area contributed by atoms with Gasteiger partial charge in [-0.25, -0.2) is 4.98 Å². The van der Waals surface area contributed by atoms with Gasteiger partial charge in [0.05, 0.1) is 6.21 Å². The van der Waals surface area contributed by atoms with Gasteiger partial charge in [-0.05, 0) is 0 Å². The summed E-state index contributed by atoms with van der Waals surface area (Å²) >= 11 is 1.51. The second-order valence-corrected chi connectivity index (χ2v) is 2.07. The van der Waals surface area contributed by atoms with E-state index >= 15 is 0 Å². The Morgan fingerprint density at radius 3 is 3.25 bits per heavy atom. The first kappa shape index (κ1) is 5.24. The van der Waals surface area contributed by atoms with Crippen LogP contribution in [0.25, 0.3) is 0 Å². The fourth-order valence-corrected chi connectivity index (χ4v) is 0.867. The summed E-state index contributed by atoms with van der Waals surface area (Å²) in [7, 11) is 0. The van der Waals surface area contributed by atoms with Crippen LogP contribution in [-0.2, 0) is 0 Å². The van der Waals surface area contributed by atoms with Crippen LogP contribution >= 0.6 is 11.3 Å². The second-order valence-electron chi connectivity index (χ2n) is 1.15. The number of hydrogen-bond acceptors (Lipinski definition) is 4. The molecule has 0 unspecified atom stereocenters. The van der Waals surface area contributed by atoms with Gasteiger partial charge in [0, 0.05) is 11.6 Å². The quantitative estimate of drug-likeness (QED) is 0.338. The van der Waals surface area contributed by atoms with E-state index in [1.807, 2.05) is 5.38 Å². The first-order valence-corrected chi connectivity index (χ1v) is 2.94. The molecule has 1 rings (SSSR count). The highest BCUT2D eigenvalue weighted by molar-refractivity contribution is 7.11.